The molecule has 0 saturated carbocycles. The highest BCUT2D eigenvalue weighted by atomic mass is 16.6. The first-order valence-corrected chi connectivity index (χ1v) is 7.94. The highest BCUT2D eigenvalue weighted by molar-refractivity contribution is 5.76. The molecule has 0 aliphatic rings. The molecule has 0 atom stereocenters. The van der Waals surface area contributed by atoms with E-state index in [-0.39, 0.29) is 14.4 Å². The monoisotopic (exact) mass is 339 g/mol. The molecule has 1 aromatic carbocycles. The summed E-state index contributed by atoms with van der Waals surface area (Å²) < 4.78 is 10.1. The van der Waals surface area contributed by atoms with E-state index in [0.717, 1.165) is 0 Å². The summed E-state index contributed by atoms with van der Waals surface area (Å²) in [6.07, 6.45) is 1.40. The Labute approximate surface area is 145 Å². The van der Waals surface area contributed by atoms with Gasteiger partial charge in [-0.3, -0.25) is 9.59 Å². The van der Waals surface area contributed by atoms with Crippen LogP contribution in [0.15, 0.2) is 24.3 Å². The fourth-order valence-corrected chi connectivity index (χ4v) is 1.38. The Bertz CT molecular complexity index is 523. The number of amides is 1. The standard InChI is InChI=1S/C15H19NO5.C3H8.H2/c1-15(2,3)21-14(19)16-9-8-13(18)20-12-6-4-11(10-17)5-7-12;1-3-2;/h4-7,10H,8-9H2,1-3H3,(H,16,19);3H2,1-2H3;1H. The number of benzene rings is 1. The summed E-state index contributed by atoms with van der Waals surface area (Å²) in [6.45, 7) is 9.64. The predicted molar refractivity (Wildman–Crippen MR) is 94.4 cm³/mol. The minimum absolute atomic E-state index is 0. The van der Waals surface area contributed by atoms with Crippen LogP contribution in [0.5, 0.6) is 5.75 Å². The van der Waals surface area contributed by atoms with Crippen molar-refractivity contribution in [2.45, 2.75) is 53.1 Å². The lowest BCUT2D eigenvalue weighted by Gasteiger charge is -2.19. The van der Waals surface area contributed by atoms with Crippen molar-refractivity contribution >= 4 is 18.3 Å². The second-order valence-corrected chi connectivity index (χ2v) is 6.05. The molecule has 6 nitrogen and oxygen atoms in total. The number of esters is 1. The quantitative estimate of drug-likeness (QED) is 0.498. The number of carbonyl (C=O) groups excluding carboxylic acids is 3. The maximum absolute atomic E-state index is 11.5. The molecule has 1 rings (SSSR count). The van der Waals surface area contributed by atoms with E-state index < -0.39 is 17.7 Å². The van der Waals surface area contributed by atoms with Crippen molar-refractivity contribution in [3.8, 4) is 5.75 Å². The van der Waals surface area contributed by atoms with E-state index in [9.17, 15) is 14.4 Å². The van der Waals surface area contributed by atoms with Gasteiger partial charge in [-0.25, -0.2) is 4.79 Å². The van der Waals surface area contributed by atoms with Gasteiger partial charge in [-0.15, -0.1) is 0 Å². The van der Waals surface area contributed by atoms with Gasteiger partial charge in [0.2, 0.25) is 0 Å². The summed E-state index contributed by atoms with van der Waals surface area (Å²) in [5.41, 5.74) is -0.0772. The van der Waals surface area contributed by atoms with Crippen molar-refractivity contribution < 1.29 is 25.3 Å². The van der Waals surface area contributed by atoms with Crippen LogP contribution in [0.4, 0.5) is 4.79 Å². The Kier molecular flexibility index (Phi) is 10.1. The molecule has 0 heterocycles. The van der Waals surface area contributed by atoms with E-state index in [2.05, 4.69) is 19.2 Å². The van der Waals surface area contributed by atoms with Crippen LogP contribution in [0.1, 0.15) is 59.2 Å². The predicted octanol–water partition coefficient (Wildman–Crippen LogP) is 3.98. The van der Waals surface area contributed by atoms with Crippen LogP contribution in [-0.2, 0) is 9.53 Å². The lowest BCUT2D eigenvalue weighted by atomic mass is 10.2. The van der Waals surface area contributed by atoms with Gasteiger partial charge in [-0.05, 0) is 45.0 Å². The van der Waals surface area contributed by atoms with E-state index in [1.54, 1.807) is 32.9 Å². The van der Waals surface area contributed by atoms with Gasteiger partial charge in [0, 0.05) is 13.5 Å². The number of aldehydes is 1. The number of hydrogen-bond donors (Lipinski definition) is 1. The molecule has 1 amide bonds. The second kappa shape index (κ2) is 11.2. The van der Waals surface area contributed by atoms with Crippen molar-refractivity contribution in [1.82, 2.24) is 5.32 Å². The lowest BCUT2D eigenvalue weighted by Crippen LogP contribution is -2.34. The molecule has 1 aromatic rings. The first kappa shape index (κ1) is 21.6. The van der Waals surface area contributed by atoms with Crippen LogP contribution in [0.2, 0.25) is 0 Å². The highest BCUT2D eigenvalue weighted by Crippen LogP contribution is 2.11. The molecule has 0 fully saturated rings. The van der Waals surface area contributed by atoms with Gasteiger partial charge < -0.3 is 14.8 Å². The third-order valence-electron chi connectivity index (χ3n) is 2.25. The molecule has 136 valence electrons. The third-order valence-corrected chi connectivity index (χ3v) is 2.25. The SMILES string of the molecule is CC(C)(C)OC(=O)NCCC(=O)Oc1ccc(C=O)cc1.CCC.[HH]. The fraction of sp³-hybridized carbons (Fsp3) is 0.500. The Hall–Kier alpha value is -2.37. The first-order valence-electron chi connectivity index (χ1n) is 7.94. The van der Waals surface area contributed by atoms with Crippen molar-refractivity contribution in [1.29, 1.82) is 0 Å². The van der Waals surface area contributed by atoms with Crippen LogP contribution in [0.3, 0.4) is 0 Å². The molecule has 0 aliphatic heterocycles. The molecular weight excluding hydrogens is 310 g/mol. The minimum atomic E-state index is -0.578. The van der Waals surface area contributed by atoms with E-state index in [4.69, 9.17) is 9.47 Å². The van der Waals surface area contributed by atoms with E-state index >= 15 is 0 Å². The third kappa shape index (κ3) is 11.2. The topological polar surface area (TPSA) is 81.7 Å². The molecule has 1 N–H and O–H groups in total. The van der Waals surface area contributed by atoms with Crippen molar-refractivity contribution in [2.75, 3.05) is 6.54 Å². The molecule has 0 bridgehead atoms. The number of hydrogen-bond acceptors (Lipinski definition) is 5. The Morgan fingerprint density at radius 1 is 1.17 bits per heavy atom. The Balaban J connectivity index is 0. The number of nitrogens with one attached hydrogen (secondary N) is 1. The number of alkyl carbamates (subject to hydrolysis) is 1. The van der Waals surface area contributed by atoms with Gasteiger partial charge in [0.1, 0.15) is 17.6 Å². The van der Waals surface area contributed by atoms with Crippen molar-refractivity contribution in [3.05, 3.63) is 29.8 Å². The number of rotatable bonds is 5. The summed E-state index contributed by atoms with van der Waals surface area (Å²) in [6, 6.07) is 6.16. The normalized spacial score (nSPS) is 10.0. The molecular formula is C18H29NO5. The molecule has 0 aliphatic carbocycles. The minimum Gasteiger partial charge on any atom is -0.444 e. The zero-order chi connectivity index (χ0) is 18.6. The molecule has 0 radical (unpaired) electrons. The largest absolute Gasteiger partial charge is 0.444 e. The average Bonchev–Trinajstić information content (AvgIpc) is 2.47. The van der Waals surface area contributed by atoms with Crippen LogP contribution >= 0.6 is 0 Å². The summed E-state index contributed by atoms with van der Waals surface area (Å²) in [7, 11) is 0. The van der Waals surface area contributed by atoms with Crippen LogP contribution in [0, 0.1) is 0 Å². The van der Waals surface area contributed by atoms with Gasteiger partial charge in [0.25, 0.3) is 0 Å². The van der Waals surface area contributed by atoms with E-state index in [0.29, 0.717) is 17.6 Å². The molecule has 0 spiro atoms. The average molecular weight is 339 g/mol. The summed E-state index contributed by atoms with van der Waals surface area (Å²) >= 11 is 0. The molecule has 6 heteroatoms. The van der Waals surface area contributed by atoms with Gasteiger partial charge in [0.15, 0.2) is 0 Å². The molecule has 0 aromatic heterocycles. The van der Waals surface area contributed by atoms with E-state index in [1.807, 2.05) is 0 Å². The smallest absolute Gasteiger partial charge is 0.407 e. The Morgan fingerprint density at radius 2 is 1.71 bits per heavy atom. The van der Waals surface area contributed by atoms with Crippen molar-refractivity contribution in [3.63, 3.8) is 0 Å². The zero-order valence-electron chi connectivity index (χ0n) is 15.0. The second-order valence-electron chi connectivity index (χ2n) is 6.05. The summed E-state index contributed by atoms with van der Waals surface area (Å²) in [5, 5.41) is 2.47. The first-order chi connectivity index (χ1) is 11.2. The maximum atomic E-state index is 11.5. The van der Waals surface area contributed by atoms with E-state index in [1.165, 1.54) is 18.6 Å². The summed E-state index contributed by atoms with van der Waals surface area (Å²) in [5.74, 6) is -0.132. The number of carbonyl (C=O) groups is 3. The van der Waals surface area contributed by atoms with Gasteiger partial charge in [-0.2, -0.15) is 0 Å². The van der Waals surface area contributed by atoms with Crippen LogP contribution in [0.25, 0.3) is 0 Å². The molecule has 0 unspecified atom stereocenters. The van der Waals surface area contributed by atoms with Gasteiger partial charge in [0.05, 0.1) is 6.42 Å². The molecule has 0 saturated heterocycles. The van der Waals surface area contributed by atoms with Gasteiger partial charge in [-0.1, -0.05) is 20.3 Å². The lowest BCUT2D eigenvalue weighted by molar-refractivity contribution is -0.134. The molecule has 24 heavy (non-hydrogen) atoms. The van der Waals surface area contributed by atoms with Crippen LogP contribution < -0.4 is 10.1 Å². The maximum Gasteiger partial charge on any atom is 0.407 e. The van der Waals surface area contributed by atoms with Gasteiger partial charge >= 0.3 is 12.1 Å². The van der Waals surface area contributed by atoms with Crippen molar-refractivity contribution in [2.24, 2.45) is 0 Å². The Morgan fingerprint density at radius 3 is 2.17 bits per heavy atom. The highest BCUT2D eigenvalue weighted by Gasteiger charge is 2.16. The fourth-order valence-electron chi connectivity index (χ4n) is 1.38. The zero-order valence-corrected chi connectivity index (χ0v) is 15.0. The summed E-state index contributed by atoms with van der Waals surface area (Å²) in [4.78, 5) is 33.4. The number of ether oxygens (including phenoxy) is 2. The van der Waals surface area contributed by atoms with Crippen LogP contribution in [-0.4, -0.2) is 30.5 Å².